The predicted molar refractivity (Wildman–Crippen MR) is 102 cm³/mol. The van der Waals surface area contributed by atoms with Gasteiger partial charge in [-0.25, -0.2) is 4.79 Å². The average molecular weight is 386 g/mol. The maximum atomic E-state index is 12.7. The molecule has 1 saturated heterocycles. The maximum Gasteiger partial charge on any atom is 0.331 e. The van der Waals surface area contributed by atoms with Crippen LogP contribution in [0.2, 0.25) is 5.02 Å². The van der Waals surface area contributed by atoms with Crippen LogP contribution >= 0.6 is 11.6 Å². The number of H-pyrrole nitrogens is 1. The van der Waals surface area contributed by atoms with Gasteiger partial charge in [0.15, 0.2) is 11.2 Å². The molecule has 1 aromatic carbocycles. The Morgan fingerprint density at radius 3 is 2.67 bits per heavy atom. The average Bonchev–Trinajstić information content (AvgIpc) is 3.07. The standard InChI is InChI=1S/C17H16ClN7O2/c18-11-3-1-2-4-12(11)25-13-14(21-16(25)23-9-6-20-7-10-23)24(8-5-19)17(27)22-15(13)26/h1-4,20H,6-10H2,(H,22,26,27). The molecule has 0 saturated carbocycles. The van der Waals surface area contributed by atoms with Crippen molar-refractivity contribution in [2.75, 3.05) is 31.1 Å². The fourth-order valence-corrected chi connectivity index (χ4v) is 3.48. The summed E-state index contributed by atoms with van der Waals surface area (Å²) < 4.78 is 2.82. The van der Waals surface area contributed by atoms with E-state index in [1.165, 1.54) is 0 Å². The molecule has 1 fully saturated rings. The van der Waals surface area contributed by atoms with Gasteiger partial charge in [-0.1, -0.05) is 23.7 Å². The number of hydrogen-bond acceptors (Lipinski definition) is 6. The van der Waals surface area contributed by atoms with Crippen LogP contribution in [-0.4, -0.2) is 45.3 Å². The van der Waals surface area contributed by atoms with Crippen molar-refractivity contribution < 1.29 is 0 Å². The summed E-state index contributed by atoms with van der Waals surface area (Å²) in [5, 5.41) is 12.8. The van der Waals surface area contributed by atoms with E-state index in [1.54, 1.807) is 22.8 Å². The summed E-state index contributed by atoms with van der Waals surface area (Å²) in [5.41, 5.74) is -0.296. The van der Waals surface area contributed by atoms with E-state index in [4.69, 9.17) is 16.9 Å². The van der Waals surface area contributed by atoms with Gasteiger partial charge in [-0.05, 0) is 12.1 Å². The molecule has 1 aliphatic heterocycles. The highest BCUT2D eigenvalue weighted by Crippen LogP contribution is 2.29. The van der Waals surface area contributed by atoms with Crippen LogP contribution in [-0.2, 0) is 6.54 Å². The van der Waals surface area contributed by atoms with E-state index in [1.807, 2.05) is 17.0 Å². The Bertz CT molecular complexity index is 1160. The number of nitriles is 1. The number of halogens is 1. The third-order valence-electron chi connectivity index (χ3n) is 4.50. The number of para-hydroxylation sites is 1. The number of hydrogen-bond donors (Lipinski definition) is 2. The van der Waals surface area contributed by atoms with Gasteiger partial charge < -0.3 is 10.2 Å². The van der Waals surface area contributed by atoms with Gasteiger partial charge in [0, 0.05) is 26.2 Å². The Hall–Kier alpha value is -3.09. The fraction of sp³-hybridized carbons (Fsp3) is 0.294. The Morgan fingerprint density at radius 2 is 1.96 bits per heavy atom. The highest BCUT2D eigenvalue weighted by atomic mass is 35.5. The van der Waals surface area contributed by atoms with E-state index in [0.717, 1.165) is 17.7 Å². The molecule has 0 atom stereocenters. The quantitative estimate of drug-likeness (QED) is 0.677. The largest absolute Gasteiger partial charge is 0.339 e. The molecule has 2 N–H and O–H groups in total. The van der Waals surface area contributed by atoms with E-state index in [-0.39, 0.29) is 17.7 Å². The van der Waals surface area contributed by atoms with E-state index in [2.05, 4.69) is 15.3 Å². The third kappa shape index (κ3) is 2.89. The number of imidazole rings is 1. The molecule has 4 rings (SSSR count). The summed E-state index contributed by atoms with van der Waals surface area (Å²) in [5.74, 6) is 0.516. The van der Waals surface area contributed by atoms with Gasteiger partial charge >= 0.3 is 5.69 Å². The first-order valence-corrected chi connectivity index (χ1v) is 8.82. The zero-order chi connectivity index (χ0) is 19.0. The molecule has 0 bridgehead atoms. The second-order valence-corrected chi connectivity index (χ2v) is 6.52. The van der Waals surface area contributed by atoms with Crippen LogP contribution in [0.5, 0.6) is 0 Å². The number of rotatable bonds is 3. The number of benzene rings is 1. The minimum Gasteiger partial charge on any atom is -0.339 e. The first-order chi connectivity index (χ1) is 13.1. The summed E-state index contributed by atoms with van der Waals surface area (Å²) in [6, 6.07) is 9.06. The molecule has 0 aliphatic carbocycles. The lowest BCUT2D eigenvalue weighted by Gasteiger charge is -2.28. The predicted octanol–water partition coefficient (Wildman–Crippen LogP) is 0.462. The first-order valence-electron chi connectivity index (χ1n) is 8.45. The van der Waals surface area contributed by atoms with Crippen molar-refractivity contribution in [3.05, 3.63) is 50.1 Å². The molecular formula is C17H16ClN7O2. The Balaban J connectivity index is 2.11. The molecule has 27 heavy (non-hydrogen) atoms. The topological polar surface area (TPSA) is 112 Å². The summed E-state index contributed by atoms with van der Waals surface area (Å²) in [6.45, 7) is 2.70. The van der Waals surface area contributed by atoms with E-state index in [0.29, 0.717) is 29.7 Å². The van der Waals surface area contributed by atoms with Crippen LogP contribution in [0.1, 0.15) is 0 Å². The number of aromatic amines is 1. The van der Waals surface area contributed by atoms with Crippen molar-refractivity contribution in [3.63, 3.8) is 0 Å². The minimum absolute atomic E-state index is 0.166. The number of piperazine rings is 1. The smallest absolute Gasteiger partial charge is 0.331 e. The molecule has 9 nitrogen and oxygen atoms in total. The molecule has 10 heteroatoms. The number of aromatic nitrogens is 4. The van der Waals surface area contributed by atoms with E-state index >= 15 is 0 Å². The number of nitrogens with one attached hydrogen (secondary N) is 2. The lowest BCUT2D eigenvalue weighted by Crippen LogP contribution is -2.44. The number of anilines is 1. The fourth-order valence-electron chi connectivity index (χ4n) is 3.26. The second kappa shape index (κ2) is 6.90. The van der Waals surface area contributed by atoms with Crippen LogP contribution in [0.3, 0.4) is 0 Å². The van der Waals surface area contributed by atoms with Crippen LogP contribution in [0.15, 0.2) is 33.9 Å². The highest BCUT2D eigenvalue weighted by Gasteiger charge is 2.25. The summed E-state index contributed by atoms with van der Waals surface area (Å²) >= 11 is 6.40. The van der Waals surface area contributed by atoms with Crippen LogP contribution in [0, 0.1) is 11.3 Å². The Labute approximate surface area is 158 Å². The minimum atomic E-state index is -0.662. The van der Waals surface area contributed by atoms with E-state index < -0.39 is 11.2 Å². The normalized spacial score (nSPS) is 14.4. The molecule has 0 unspecified atom stereocenters. The van der Waals surface area contributed by atoms with Crippen molar-refractivity contribution in [1.29, 1.82) is 5.26 Å². The van der Waals surface area contributed by atoms with Gasteiger partial charge in [0.05, 0.1) is 16.8 Å². The number of nitrogens with zero attached hydrogens (tertiary/aromatic N) is 5. The van der Waals surface area contributed by atoms with Crippen LogP contribution in [0.4, 0.5) is 5.95 Å². The lowest BCUT2D eigenvalue weighted by molar-refractivity contribution is 0.578. The molecule has 3 heterocycles. The zero-order valence-corrected chi connectivity index (χ0v) is 15.0. The lowest BCUT2D eigenvalue weighted by atomic mass is 10.3. The monoisotopic (exact) mass is 385 g/mol. The molecule has 0 amide bonds. The van der Waals surface area contributed by atoms with Gasteiger partial charge in [0.2, 0.25) is 5.95 Å². The highest BCUT2D eigenvalue weighted by molar-refractivity contribution is 6.32. The van der Waals surface area contributed by atoms with Gasteiger partial charge in [-0.15, -0.1) is 0 Å². The van der Waals surface area contributed by atoms with Crippen LogP contribution in [0.25, 0.3) is 16.9 Å². The summed E-state index contributed by atoms with van der Waals surface area (Å²) in [6.07, 6.45) is 0. The van der Waals surface area contributed by atoms with Crippen molar-refractivity contribution in [1.82, 2.24) is 24.4 Å². The second-order valence-electron chi connectivity index (χ2n) is 6.11. The van der Waals surface area contributed by atoms with Crippen molar-refractivity contribution >= 4 is 28.7 Å². The van der Waals surface area contributed by atoms with Crippen molar-refractivity contribution in [2.24, 2.45) is 0 Å². The zero-order valence-electron chi connectivity index (χ0n) is 14.3. The summed E-state index contributed by atoms with van der Waals surface area (Å²) in [7, 11) is 0. The Morgan fingerprint density at radius 1 is 1.22 bits per heavy atom. The molecule has 3 aromatic rings. The van der Waals surface area contributed by atoms with Gasteiger partial charge in [0.1, 0.15) is 6.54 Å². The van der Waals surface area contributed by atoms with Crippen molar-refractivity contribution in [2.45, 2.75) is 6.54 Å². The van der Waals surface area contributed by atoms with Gasteiger partial charge in [-0.2, -0.15) is 10.2 Å². The number of fused-ring (bicyclic) bond motifs is 1. The van der Waals surface area contributed by atoms with Gasteiger partial charge in [0.25, 0.3) is 5.56 Å². The molecule has 138 valence electrons. The third-order valence-corrected chi connectivity index (χ3v) is 4.82. The Kier molecular flexibility index (Phi) is 4.43. The molecule has 2 aromatic heterocycles. The molecule has 1 aliphatic rings. The van der Waals surface area contributed by atoms with Crippen molar-refractivity contribution in [3.8, 4) is 11.8 Å². The molecule has 0 radical (unpaired) electrons. The molecule has 0 spiro atoms. The first kappa shape index (κ1) is 17.3. The van der Waals surface area contributed by atoms with Gasteiger partial charge in [-0.3, -0.25) is 18.9 Å². The molecular weight excluding hydrogens is 370 g/mol. The van der Waals surface area contributed by atoms with E-state index in [9.17, 15) is 9.59 Å². The summed E-state index contributed by atoms with van der Waals surface area (Å²) in [4.78, 5) is 33.8. The SMILES string of the molecule is N#CCn1c(=O)[nH]c(=O)c2c1nc(N1CCNCC1)n2-c1ccccc1Cl. The maximum absolute atomic E-state index is 12.7. The van der Waals surface area contributed by atoms with Crippen LogP contribution < -0.4 is 21.5 Å².